The summed E-state index contributed by atoms with van der Waals surface area (Å²) in [7, 11) is -20.8. The number of hydrogen-bond acceptors (Lipinski definition) is 8. The van der Waals surface area contributed by atoms with Crippen molar-refractivity contribution in [1.82, 2.24) is 0 Å². The van der Waals surface area contributed by atoms with E-state index in [9.17, 15) is 13.7 Å². The second-order valence-corrected chi connectivity index (χ2v) is 7.16. The first kappa shape index (κ1) is 40.0. The van der Waals surface area contributed by atoms with Gasteiger partial charge < -0.3 is 24.5 Å². The van der Waals surface area contributed by atoms with Gasteiger partial charge in [0, 0.05) is 51.2 Å². The fraction of sp³-hybridized carbons (Fsp3) is 0. The number of hydrogen-bond donors (Lipinski definition) is 7. The molecule has 23 heavy (non-hydrogen) atoms. The third-order valence-electron chi connectivity index (χ3n) is 0.419. The van der Waals surface area contributed by atoms with E-state index in [1.807, 2.05) is 15.9 Å². The summed E-state index contributed by atoms with van der Waals surface area (Å²) in [4.78, 5) is 40.2. The van der Waals surface area contributed by atoms with Crippen molar-refractivity contribution < 1.29 is 135 Å². The molecule has 0 aromatic rings. The summed E-state index contributed by atoms with van der Waals surface area (Å²) in [6.07, 6.45) is 0. The van der Waals surface area contributed by atoms with Gasteiger partial charge in [0.1, 0.15) is 0 Å². The van der Waals surface area contributed by atoms with E-state index in [0.29, 0.717) is 0 Å². The van der Waals surface area contributed by atoms with Crippen molar-refractivity contribution >= 4 is 33.9 Å². The van der Waals surface area contributed by atoms with Gasteiger partial charge in [0.05, 0.1) is 0 Å². The molecule has 0 unspecified atom stereocenters. The van der Waals surface area contributed by atoms with E-state index in [1.54, 1.807) is 0 Å². The van der Waals surface area contributed by atoms with Crippen molar-refractivity contribution in [3.63, 3.8) is 0 Å². The van der Waals surface area contributed by atoms with Gasteiger partial charge in [-0.2, -0.15) is 17.0 Å². The maximum atomic E-state index is 10.4. The summed E-state index contributed by atoms with van der Waals surface area (Å²) < 4.78 is 76.0. The molecule has 0 atom stereocenters. The van der Waals surface area contributed by atoms with Crippen LogP contribution in [-0.4, -0.2) is 42.0 Å². The van der Waals surface area contributed by atoms with Crippen LogP contribution in [0.15, 0.2) is 0 Å². The molecule has 7 N–H and O–H groups in total. The van der Waals surface area contributed by atoms with E-state index in [-0.39, 0.29) is 51.2 Å². The first-order valence-corrected chi connectivity index (χ1v) is 9.52. The SMILES string of the molecule is O=P(O)(O)OP(=O)(O)OP(=O)(O)O.O=S(=O)(O)O.[Fe].[Fe].[Fe].[O]=[Fe]. The Labute approximate surface area is 168 Å². The van der Waals surface area contributed by atoms with Crippen LogP contribution in [-0.2, 0) is 104 Å². The average molecular weight is 595 g/mol. The van der Waals surface area contributed by atoms with E-state index >= 15 is 0 Å². The third-order valence-corrected chi connectivity index (χ3v) is 3.77. The van der Waals surface area contributed by atoms with Crippen molar-refractivity contribution in [2.24, 2.45) is 0 Å². The molecular weight excluding hydrogens is 588 g/mol. The molecule has 0 aliphatic heterocycles. The fourth-order valence-electron chi connectivity index (χ4n) is 0.284. The van der Waals surface area contributed by atoms with E-state index in [1.165, 1.54) is 0 Å². The molecular formula is H7Fe4O15P3S. The van der Waals surface area contributed by atoms with Gasteiger partial charge >= 0.3 is 53.6 Å². The zero-order chi connectivity index (χ0) is 17.4. The molecule has 0 aromatic carbocycles. The normalized spacial score (nSPS) is 11.0. The van der Waals surface area contributed by atoms with Gasteiger partial charge in [0.25, 0.3) is 0 Å². The minimum atomic E-state index is -5.46. The summed E-state index contributed by atoms with van der Waals surface area (Å²) in [6.45, 7) is 0. The first-order valence-electron chi connectivity index (χ1n) is 3.12. The van der Waals surface area contributed by atoms with Crippen LogP contribution in [0, 0.1) is 0 Å². The van der Waals surface area contributed by atoms with Crippen LogP contribution < -0.4 is 0 Å². The molecule has 0 aromatic heterocycles. The van der Waals surface area contributed by atoms with Gasteiger partial charge in [-0.05, 0) is 0 Å². The number of rotatable bonds is 4. The Morgan fingerprint density at radius 2 is 0.826 bits per heavy atom. The molecule has 0 heterocycles. The molecule has 150 valence electrons. The van der Waals surface area contributed by atoms with Crippen molar-refractivity contribution in [2.45, 2.75) is 0 Å². The van der Waals surface area contributed by atoms with Gasteiger partial charge in [0.15, 0.2) is 0 Å². The molecule has 0 saturated carbocycles. The summed E-state index contributed by atoms with van der Waals surface area (Å²) in [6, 6.07) is 0. The van der Waals surface area contributed by atoms with Crippen molar-refractivity contribution in [1.29, 1.82) is 0 Å². The van der Waals surface area contributed by atoms with Gasteiger partial charge in [-0.3, -0.25) is 9.11 Å². The van der Waals surface area contributed by atoms with E-state index < -0.39 is 33.9 Å². The predicted octanol–water partition coefficient (Wildman–Crippen LogP) is -1.48. The monoisotopic (exact) mass is 596 g/mol. The Bertz CT molecular complexity index is 477. The molecule has 15 nitrogen and oxygen atoms in total. The predicted molar refractivity (Wildman–Crippen MR) is 50.9 cm³/mol. The number of phosphoric acid groups is 3. The van der Waals surface area contributed by atoms with Crippen molar-refractivity contribution in [3.05, 3.63) is 0 Å². The van der Waals surface area contributed by atoms with E-state index in [0.717, 1.165) is 0 Å². The summed E-state index contributed by atoms with van der Waals surface area (Å²) in [5, 5.41) is 0. The standard InChI is InChI=1S/4Fe.H5O10P3.H2O4S.O/c;;;;1-11(2,3)9-13(7,8)10-12(4,5)6;1-5(2,3)4;/h;;;;(H,7,8)(H2,1,2,3)(H2,4,5,6);(H2,1,2,3,4);. The molecule has 0 amide bonds. The Kier molecular flexibility index (Phi) is 28.4. The van der Waals surface area contributed by atoms with Crippen molar-refractivity contribution in [2.75, 3.05) is 0 Å². The van der Waals surface area contributed by atoms with Crippen LogP contribution in [0.5, 0.6) is 0 Å². The zero-order valence-electron chi connectivity index (χ0n) is 9.56. The van der Waals surface area contributed by atoms with Crippen LogP contribution in [0.1, 0.15) is 0 Å². The Balaban J connectivity index is -0.0000000625. The topological polar surface area (TPSA) is 262 Å². The van der Waals surface area contributed by atoms with Gasteiger partial charge in [-0.25, -0.2) is 13.7 Å². The molecule has 23 heteroatoms. The Morgan fingerprint density at radius 3 is 0.913 bits per heavy atom. The Morgan fingerprint density at radius 1 is 0.696 bits per heavy atom. The molecule has 0 bridgehead atoms. The summed E-state index contributed by atoms with van der Waals surface area (Å²) >= 11 is 2.00. The van der Waals surface area contributed by atoms with Gasteiger partial charge in [-0.15, -0.1) is 0 Å². The molecule has 0 rings (SSSR count). The van der Waals surface area contributed by atoms with E-state index in [4.69, 9.17) is 45.8 Å². The molecule has 0 saturated heterocycles. The van der Waals surface area contributed by atoms with E-state index in [2.05, 4.69) is 8.62 Å². The van der Waals surface area contributed by atoms with Crippen LogP contribution in [0.4, 0.5) is 0 Å². The second-order valence-electron chi connectivity index (χ2n) is 2.06. The van der Waals surface area contributed by atoms with Gasteiger partial charge in [-0.1, -0.05) is 0 Å². The fourth-order valence-corrected chi connectivity index (χ4v) is 2.82. The average Bonchev–Trinajstić information content (AvgIpc) is 1.93. The third kappa shape index (κ3) is 59.2. The van der Waals surface area contributed by atoms with Gasteiger partial charge in [0.2, 0.25) is 0 Å². The van der Waals surface area contributed by atoms with Crippen molar-refractivity contribution in [3.8, 4) is 0 Å². The maximum absolute atomic E-state index is 10.4. The second kappa shape index (κ2) is 16.3. The molecule has 0 aliphatic carbocycles. The molecule has 0 aliphatic rings. The Hall–Kier alpha value is 2.16. The van der Waals surface area contributed by atoms with Crippen LogP contribution in [0.25, 0.3) is 0 Å². The van der Waals surface area contributed by atoms with Crippen LogP contribution in [0.3, 0.4) is 0 Å². The minimum absolute atomic E-state index is 0. The molecule has 0 radical (unpaired) electrons. The molecule has 0 spiro atoms. The molecule has 0 fully saturated rings. The zero-order valence-corrected chi connectivity index (χ0v) is 17.5. The quantitative estimate of drug-likeness (QED) is 0.111. The van der Waals surface area contributed by atoms with Crippen LogP contribution >= 0.6 is 23.5 Å². The first-order chi connectivity index (χ1) is 8.41. The summed E-state index contributed by atoms with van der Waals surface area (Å²) in [5.41, 5.74) is 0. The summed E-state index contributed by atoms with van der Waals surface area (Å²) in [5.74, 6) is 0. The van der Waals surface area contributed by atoms with Crippen LogP contribution in [0.2, 0.25) is 0 Å².